The maximum Gasteiger partial charge on any atom is 0.221 e. The molecule has 0 unspecified atom stereocenters. The molecule has 2 heterocycles. The first kappa shape index (κ1) is 23.0. The van der Waals surface area contributed by atoms with E-state index in [4.69, 9.17) is 16.3 Å². The van der Waals surface area contributed by atoms with E-state index in [9.17, 15) is 4.79 Å². The monoisotopic (exact) mass is 497 g/mol. The van der Waals surface area contributed by atoms with Crippen molar-refractivity contribution in [2.45, 2.75) is 23.6 Å². The molecule has 2 aromatic carbocycles. The Morgan fingerprint density at radius 2 is 2.00 bits per heavy atom. The normalized spacial score (nSPS) is 10.6. The average molecular weight is 498 g/mol. The van der Waals surface area contributed by atoms with Gasteiger partial charge in [0.2, 0.25) is 11.0 Å². The second kappa shape index (κ2) is 11.1. The van der Waals surface area contributed by atoms with Gasteiger partial charge in [0.15, 0.2) is 4.34 Å². The van der Waals surface area contributed by atoms with Crippen molar-refractivity contribution in [3.05, 3.63) is 83.1 Å². The molecule has 0 aliphatic carbocycles. The molecule has 0 aliphatic heterocycles. The molecule has 0 saturated heterocycles. The first-order chi connectivity index (χ1) is 16.0. The van der Waals surface area contributed by atoms with Gasteiger partial charge in [0, 0.05) is 52.6 Å². The second-order valence-corrected chi connectivity index (χ2v) is 9.59. The van der Waals surface area contributed by atoms with E-state index in [1.165, 1.54) is 18.3 Å². The Labute approximate surface area is 204 Å². The summed E-state index contributed by atoms with van der Waals surface area (Å²) in [5.74, 6) is 1.29. The number of carbonyl (C=O) groups excluding carboxylic acids is 1. The number of amides is 1. The molecule has 10 heteroatoms. The topological polar surface area (TPSA) is 89.0 Å². The fraction of sp³-hybridized carbons (Fsp3) is 0.130. The number of pyridine rings is 1. The SMILES string of the molecule is CC(=O)Nc1cccc(Nc2nnc(SCc3cc(Cl)ccc3OCc3cccnc3)s2)c1. The van der Waals surface area contributed by atoms with Crippen LogP contribution in [0, 0.1) is 0 Å². The summed E-state index contributed by atoms with van der Waals surface area (Å²) >= 11 is 9.22. The molecule has 0 saturated carbocycles. The lowest BCUT2D eigenvalue weighted by molar-refractivity contribution is -0.114. The number of aromatic nitrogens is 3. The zero-order valence-electron chi connectivity index (χ0n) is 17.6. The van der Waals surface area contributed by atoms with Crippen LogP contribution in [0.3, 0.4) is 0 Å². The van der Waals surface area contributed by atoms with Crippen LogP contribution >= 0.6 is 34.7 Å². The molecular weight excluding hydrogens is 478 g/mol. The van der Waals surface area contributed by atoms with Crippen LogP contribution in [-0.2, 0) is 17.2 Å². The molecule has 0 spiro atoms. The zero-order valence-corrected chi connectivity index (χ0v) is 20.0. The van der Waals surface area contributed by atoms with Gasteiger partial charge in [-0.2, -0.15) is 0 Å². The van der Waals surface area contributed by atoms with Crippen molar-refractivity contribution in [1.82, 2.24) is 15.2 Å². The number of ether oxygens (including phenoxy) is 1. The Hall–Kier alpha value is -3.14. The van der Waals surface area contributed by atoms with E-state index < -0.39 is 0 Å². The molecule has 4 aromatic rings. The number of carbonyl (C=O) groups is 1. The smallest absolute Gasteiger partial charge is 0.221 e. The van der Waals surface area contributed by atoms with Gasteiger partial charge in [-0.15, -0.1) is 10.2 Å². The summed E-state index contributed by atoms with van der Waals surface area (Å²) in [6.07, 6.45) is 3.52. The number of thioether (sulfide) groups is 1. The lowest BCUT2D eigenvalue weighted by atomic mass is 10.2. The molecule has 33 heavy (non-hydrogen) atoms. The van der Waals surface area contributed by atoms with E-state index >= 15 is 0 Å². The van der Waals surface area contributed by atoms with E-state index in [2.05, 4.69) is 25.8 Å². The number of rotatable bonds is 9. The average Bonchev–Trinajstić information content (AvgIpc) is 3.25. The zero-order chi connectivity index (χ0) is 23.0. The molecule has 1 amide bonds. The third-order valence-corrected chi connectivity index (χ3v) is 6.59. The lowest BCUT2D eigenvalue weighted by Crippen LogP contribution is -2.05. The number of anilines is 3. The van der Waals surface area contributed by atoms with Crippen molar-refractivity contribution >= 4 is 57.1 Å². The van der Waals surface area contributed by atoms with Gasteiger partial charge in [-0.05, 0) is 42.5 Å². The van der Waals surface area contributed by atoms with Gasteiger partial charge in [-0.25, -0.2) is 0 Å². The first-order valence-electron chi connectivity index (χ1n) is 9.96. The minimum atomic E-state index is -0.119. The van der Waals surface area contributed by atoms with E-state index in [0.29, 0.717) is 28.2 Å². The van der Waals surface area contributed by atoms with Gasteiger partial charge in [0.05, 0.1) is 0 Å². The van der Waals surface area contributed by atoms with Crippen molar-refractivity contribution in [2.75, 3.05) is 10.6 Å². The number of nitrogens with one attached hydrogen (secondary N) is 2. The summed E-state index contributed by atoms with van der Waals surface area (Å²) in [5, 5.41) is 15.8. The minimum Gasteiger partial charge on any atom is -0.489 e. The van der Waals surface area contributed by atoms with Crippen molar-refractivity contribution in [2.24, 2.45) is 0 Å². The fourth-order valence-corrected chi connectivity index (χ4v) is 4.85. The van der Waals surface area contributed by atoms with Crippen LogP contribution in [0.4, 0.5) is 16.5 Å². The summed E-state index contributed by atoms with van der Waals surface area (Å²) in [6, 6.07) is 16.9. The maximum absolute atomic E-state index is 11.3. The summed E-state index contributed by atoms with van der Waals surface area (Å²) in [6.45, 7) is 1.90. The molecule has 0 bridgehead atoms. The van der Waals surface area contributed by atoms with Crippen LogP contribution in [0.25, 0.3) is 0 Å². The molecule has 0 atom stereocenters. The molecule has 0 fully saturated rings. The Morgan fingerprint density at radius 1 is 1.12 bits per heavy atom. The number of nitrogens with zero attached hydrogens (tertiary/aromatic N) is 3. The third-order valence-electron chi connectivity index (χ3n) is 4.33. The second-order valence-electron chi connectivity index (χ2n) is 6.95. The molecule has 0 aliphatic rings. The predicted octanol–water partition coefficient (Wildman–Crippen LogP) is 6.16. The van der Waals surface area contributed by atoms with Crippen LogP contribution in [0.15, 0.2) is 71.3 Å². The van der Waals surface area contributed by atoms with Crippen molar-refractivity contribution in [3.8, 4) is 5.75 Å². The Kier molecular flexibility index (Phi) is 7.77. The number of hydrogen-bond acceptors (Lipinski definition) is 8. The van der Waals surface area contributed by atoms with Crippen LogP contribution in [0.1, 0.15) is 18.1 Å². The summed E-state index contributed by atoms with van der Waals surface area (Å²) < 4.78 is 6.82. The van der Waals surface area contributed by atoms with Gasteiger partial charge >= 0.3 is 0 Å². The predicted molar refractivity (Wildman–Crippen MR) is 134 cm³/mol. The fourth-order valence-electron chi connectivity index (χ4n) is 2.91. The van der Waals surface area contributed by atoms with Crippen LogP contribution < -0.4 is 15.4 Å². The Morgan fingerprint density at radius 3 is 2.82 bits per heavy atom. The summed E-state index contributed by atoms with van der Waals surface area (Å²) in [7, 11) is 0. The van der Waals surface area contributed by atoms with Crippen molar-refractivity contribution in [1.29, 1.82) is 0 Å². The Balaban J connectivity index is 1.38. The molecule has 168 valence electrons. The number of hydrogen-bond donors (Lipinski definition) is 2. The van der Waals surface area contributed by atoms with Gasteiger partial charge < -0.3 is 15.4 Å². The molecule has 2 aromatic heterocycles. The third kappa shape index (κ3) is 6.92. The van der Waals surface area contributed by atoms with Gasteiger partial charge in [-0.3, -0.25) is 9.78 Å². The van der Waals surface area contributed by atoms with Crippen LogP contribution in [0.5, 0.6) is 5.75 Å². The van der Waals surface area contributed by atoms with E-state index in [-0.39, 0.29) is 5.91 Å². The minimum absolute atomic E-state index is 0.119. The molecule has 2 N–H and O–H groups in total. The lowest BCUT2D eigenvalue weighted by Gasteiger charge is -2.11. The van der Waals surface area contributed by atoms with Gasteiger partial charge in [-0.1, -0.05) is 46.8 Å². The number of halogens is 1. The van der Waals surface area contributed by atoms with Gasteiger partial charge in [0.1, 0.15) is 12.4 Å². The highest BCUT2D eigenvalue weighted by Gasteiger charge is 2.10. The number of benzene rings is 2. The standard InChI is InChI=1S/C23H20ClN5O2S2/c1-15(30)26-19-5-2-6-20(11-19)27-22-28-29-23(33-22)32-14-17-10-18(24)7-8-21(17)31-13-16-4-3-9-25-12-16/h2-12H,13-14H2,1H3,(H,26,30)(H,27,28). The quantitative estimate of drug-likeness (QED) is 0.268. The van der Waals surface area contributed by atoms with E-state index in [1.807, 2.05) is 54.6 Å². The Bertz CT molecular complexity index is 1240. The summed E-state index contributed by atoms with van der Waals surface area (Å²) in [4.78, 5) is 15.4. The highest BCUT2D eigenvalue weighted by Crippen LogP contribution is 2.34. The van der Waals surface area contributed by atoms with Crippen LogP contribution in [0.2, 0.25) is 5.02 Å². The van der Waals surface area contributed by atoms with E-state index in [1.54, 1.807) is 24.2 Å². The molecular formula is C23H20ClN5O2S2. The molecule has 0 radical (unpaired) electrons. The summed E-state index contributed by atoms with van der Waals surface area (Å²) in [5.41, 5.74) is 3.50. The van der Waals surface area contributed by atoms with Gasteiger partial charge in [0.25, 0.3) is 0 Å². The first-order valence-corrected chi connectivity index (χ1v) is 12.1. The van der Waals surface area contributed by atoms with E-state index in [0.717, 1.165) is 26.9 Å². The molecule has 4 rings (SSSR count). The highest BCUT2D eigenvalue weighted by molar-refractivity contribution is 8.00. The molecule has 7 nitrogen and oxygen atoms in total. The van der Waals surface area contributed by atoms with Crippen molar-refractivity contribution < 1.29 is 9.53 Å². The highest BCUT2D eigenvalue weighted by atomic mass is 35.5. The largest absolute Gasteiger partial charge is 0.489 e. The maximum atomic E-state index is 11.3. The van der Waals surface area contributed by atoms with Crippen molar-refractivity contribution in [3.63, 3.8) is 0 Å². The van der Waals surface area contributed by atoms with Crippen LogP contribution in [-0.4, -0.2) is 21.1 Å².